The van der Waals surface area contributed by atoms with E-state index in [4.69, 9.17) is 4.74 Å². The van der Waals surface area contributed by atoms with Crippen LogP contribution < -0.4 is 0 Å². The van der Waals surface area contributed by atoms with Gasteiger partial charge in [0.2, 0.25) is 0 Å². The first-order valence-electron chi connectivity index (χ1n) is 8.97. The van der Waals surface area contributed by atoms with Gasteiger partial charge in [-0.2, -0.15) is 0 Å². The number of fused-ring (bicyclic) bond motifs is 1. The van der Waals surface area contributed by atoms with E-state index in [0.29, 0.717) is 36.1 Å². The molecular weight excluding hydrogens is 276 g/mol. The molecule has 6 atom stereocenters. The van der Waals surface area contributed by atoms with Gasteiger partial charge in [0.15, 0.2) is 0 Å². The molecule has 3 aliphatic carbocycles. The highest BCUT2D eigenvalue weighted by Crippen LogP contribution is 2.56. The van der Waals surface area contributed by atoms with Crippen molar-refractivity contribution in [3.8, 4) is 0 Å². The Labute approximate surface area is 134 Å². The molecule has 0 aromatic carbocycles. The molecule has 0 bridgehead atoms. The van der Waals surface area contributed by atoms with Crippen LogP contribution in [0.2, 0.25) is 0 Å². The fourth-order valence-corrected chi connectivity index (χ4v) is 5.30. The maximum atomic E-state index is 12.2. The van der Waals surface area contributed by atoms with Crippen molar-refractivity contribution < 1.29 is 14.6 Å². The quantitative estimate of drug-likeness (QED) is 0.792. The molecule has 2 fully saturated rings. The fourth-order valence-electron chi connectivity index (χ4n) is 5.30. The summed E-state index contributed by atoms with van der Waals surface area (Å²) in [6.07, 6.45) is 9.79. The van der Waals surface area contributed by atoms with E-state index in [1.54, 1.807) is 0 Å². The number of hydrogen-bond donors (Lipinski definition) is 1. The molecule has 1 N–H and O–H groups in total. The van der Waals surface area contributed by atoms with Crippen molar-refractivity contribution in [1.29, 1.82) is 0 Å². The maximum absolute atomic E-state index is 12.2. The number of carbonyl (C=O) groups is 1. The Hall–Kier alpha value is -0.670. The molecule has 0 saturated heterocycles. The van der Waals surface area contributed by atoms with Crippen LogP contribution in [0, 0.1) is 29.1 Å². The minimum Gasteiger partial charge on any atom is -0.389 e. The molecule has 2 saturated carbocycles. The number of carbonyl (C=O) groups excluding carboxylic acids is 1. The van der Waals surface area contributed by atoms with E-state index < -0.39 is 0 Å². The second-order valence-electron chi connectivity index (χ2n) is 8.02. The van der Waals surface area contributed by atoms with Gasteiger partial charge in [0.05, 0.1) is 12.7 Å². The normalized spacial score (nSPS) is 42.6. The summed E-state index contributed by atoms with van der Waals surface area (Å²) in [5.74, 6) is 2.31. The molecule has 0 heterocycles. The molecule has 0 aromatic rings. The third-order valence-corrected chi connectivity index (χ3v) is 6.49. The smallest absolute Gasteiger partial charge is 0.136 e. The van der Waals surface area contributed by atoms with E-state index in [0.717, 1.165) is 32.3 Å². The van der Waals surface area contributed by atoms with Gasteiger partial charge in [0, 0.05) is 24.9 Å². The molecule has 124 valence electrons. The van der Waals surface area contributed by atoms with E-state index in [2.05, 4.69) is 19.9 Å². The summed E-state index contributed by atoms with van der Waals surface area (Å²) < 4.78 is 5.94. The van der Waals surface area contributed by atoms with Crippen LogP contribution in [0.15, 0.2) is 12.2 Å². The van der Waals surface area contributed by atoms with E-state index >= 15 is 0 Å². The van der Waals surface area contributed by atoms with Crippen LogP contribution in [-0.4, -0.2) is 30.2 Å². The van der Waals surface area contributed by atoms with Crippen molar-refractivity contribution in [3.05, 3.63) is 12.2 Å². The number of rotatable bonds is 5. The van der Waals surface area contributed by atoms with Gasteiger partial charge in [-0.25, -0.2) is 0 Å². The lowest BCUT2D eigenvalue weighted by Crippen LogP contribution is -2.40. The van der Waals surface area contributed by atoms with E-state index in [1.807, 2.05) is 6.08 Å². The molecule has 1 unspecified atom stereocenters. The van der Waals surface area contributed by atoms with Crippen molar-refractivity contribution in [2.75, 3.05) is 13.2 Å². The van der Waals surface area contributed by atoms with Gasteiger partial charge in [0.25, 0.3) is 0 Å². The number of aliphatic hydroxyl groups excluding tert-OH is 1. The molecule has 3 rings (SSSR count). The lowest BCUT2D eigenvalue weighted by Gasteiger charge is -2.42. The van der Waals surface area contributed by atoms with Crippen LogP contribution in [0.5, 0.6) is 0 Å². The standard InChI is InChI=1S/C19H30O3/c1-13(11-22-12-14-5-6-15(20)10-14)16-7-8-17-18(21)4-3-9-19(16,17)2/h5-6,13-17,20H,3-4,7-12H2,1-2H3/t13-,14+,15-,16+,17?,19-/m0/s1. The van der Waals surface area contributed by atoms with Crippen LogP contribution in [0.25, 0.3) is 0 Å². The van der Waals surface area contributed by atoms with Gasteiger partial charge < -0.3 is 9.84 Å². The highest BCUT2D eigenvalue weighted by Gasteiger charge is 2.52. The molecule has 0 radical (unpaired) electrons. The third kappa shape index (κ3) is 3.03. The molecule has 0 aromatic heterocycles. The highest BCUT2D eigenvalue weighted by molar-refractivity contribution is 5.83. The minimum absolute atomic E-state index is 0.210. The van der Waals surface area contributed by atoms with E-state index in [1.165, 1.54) is 12.8 Å². The lowest BCUT2D eigenvalue weighted by molar-refractivity contribution is -0.130. The zero-order valence-corrected chi connectivity index (χ0v) is 14.0. The second kappa shape index (κ2) is 6.45. The molecule has 0 spiro atoms. The van der Waals surface area contributed by atoms with Gasteiger partial charge in [-0.3, -0.25) is 4.79 Å². The van der Waals surface area contributed by atoms with Gasteiger partial charge in [0.1, 0.15) is 5.78 Å². The molecule has 22 heavy (non-hydrogen) atoms. The van der Waals surface area contributed by atoms with Crippen molar-refractivity contribution in [2.24, 2.45) is 29.1 Å². The molecule has 3 aliphatic rings. The minimum atomic E-state index is -0.284. The van der Waals surface area contributed by atoms with Crippen molar-refractivity contribution >= 4 is 5.78 Å². The van der Waals surface area contributed by atoms with E-state index in [9.17, 15) is 9.90 Å². The average molecular weight is 306 g/mol. The van der Waals surface area contributed by atoms with Crippen LogP contribution >= 0.6 is 0 Å². The summed E-state index contributed by atoms with van der Waals surface area (Å²) >= 11 is 0. The first-order valence-corrected chi connectivity index (χ1v) is 8.97. The number of Topliss-reactive ketones (excluding diaryl/α,β-unsaturated/α-hetero) is 1. The monoisotopic (exact) mass is 306 g/mol. The summed E-state index contributed by atoms with van der Waals surface area (Å²) in [6, 6.07) is 0. The predicted octanol–water partition coefficient (Wildman–Crippen LogP) is 3.36. The lowest BCUT2D eigenvalue weighted by atomic mass is 9.62. The van der Waals surface area contributed by atoms with Gasteiger partial charge in [-0.1, -0.05) is 26.0 Å². The van der Waals surface area contributed by atoms with Gasteiger partial charge >= 0.3 is 0 Å². The molecule has 3 nitrogen and oxygen atoms in total. The number of ketones is 1. The second-order valence-corrected chi connectivity index (χ2v) is 8.02. The number of aliphatic hydroxyl groups is 1. The Kier molecular flexibility index (Phi) is 4.75. The summed E-state index contributed by atoms with van der Waals surface area (Å²) in [5, 5.41) is 9.49. The summed E-state index contributed by atoms with van der Waals surface area (Å²) in [5.41, 5.74) is 0.210. The Morgan fingerprint density at radius 2 is 2.23 bits per heavy atom. The first kappa shape index (κ1) is 16.2. The van der Waals surface area contributed by atoms with Crippen LogP contribution in [0.4, 0.5) is 0 Å². The number of hydrogen-bond acceptors (Lipinski definition) is 3. The van der Waals surface area contributed by atoms with Crippen LogP contribution in [0.3, 0.4) is 0 Å². The SMILES string of the molecule is C[C@@H](COC[C@@H]1C=C[C@H](O)C1)[C@H]1CCC2C(=O)CCC[C@]21C. The summed E-state index contributed by atoms with van der Waals surface area (Å²) in [7, 11) is 0. The number of ether oxygens (including phenoxy) is 1. The fraction of sp³-hybridized carbons (Fsp3) is 0.842. The Morgan fingerprint density at radius 3 is 2.95 bits per heavy atom. The Morgan fingerprint density at radius 1 is 1.41 bits per heavy atom. The van der Waals surface area contributed by atoms with Crippen LogP contribution in [0.1, 0.15) is 52.4 Å². The van der Waals surface area contributed by atoms with Crippen molar-refractivity contribution in [3.63, 3.8) is 0 Å². The largest absolute Gasteiger partial charge is 0.389 e. The zero-order valence-electron chi connectivity index (χ0n) is 14.0. The molecule has 3 heteroatoms. The molecule has 0 amide bonds. The maximum Gasteiger partial charge on any atom is 0.136 e. The topological polar surface area (TPSA) is 46.5 Å². The van der Waals surface area contributed by atoms with E-state index in [-0.39, 0.29) is 11.5 Å². The van der Waals surface area contributed by atoms with Gasteiger partial charge in [-0.05, 0) is 49.4 Å². The van der Waals surface area contributed by atoms with Crippen molar-refractivity contribution in [1.82, 2.24) is 0 Å². The predicted molar refractivity (Wildman–Crippen MR) is 86.4 cm³/mol. The van der Waals surface area contributed by atoms with Crippen LogP contribution in [-0.2, 0) is 9.53 Å². The highest BCUT2D eigenvalue weighted by atomic mass is 16.5. The molecule has 0 aliphatic heterocycles. The van der Waals surface area contributed by atoms with Gasteiger partial charge in [-0.15, -0.1) is 0 Å². The first-order chi connectivity index (χ1) is 10.5. The summed E-state index contributed by atoms with van der Waals surface area (Å²) in [6.45, 7) is 6.13. The third-order valence-electron chi connectivity index (χ3n) is 6.49. The summed E-state index contributed by atoms with van der Waals surface area (Å²) in [4.78, 5) is 12.2. The molecular formula is C19H30O3. The van der Waals surface area contributed by atoms with Crippen molar-refractivity contribution in [2.45, 2.75) is 58.5 Å². The zero-order chi connectivity index (χ0) is 15.7. The Bertz CT molecular complexity index is 444. The average Bonchev–Trinajstić information content (AvgIpc) is 3.03. The Balaban J connectivity index is 1.51.